The number of aromatic nitrogens is 2. The SMILES string of the molecule is CC(C)n1ccc(CN2CCC(NC(N)=O)CC2)n1. The van der Waals surface area contributed by atoms with Gasteiger partial charge in [-0.05, 0) is 32.8 Å². The van der Waals surface area contributed by atoms with Crippen LogP contribution in [0.25, 0.3) is 0 Å². The average Bonchev–Trinajstić information content (AvgIpc) is 2.80. The first-order valence-corrected chi connectivity index (χ1v) is 6.87. The molecule has 0 atom stereocenters. The number of piperidine rings is 1. The first-order valence-electron chi connectivity index (χ1n) is 6.87. The zero-order chi connectivity index (χ0) is 13.8. The summed E-state index contributed by atoms with van der Waals surface area (Å²) in [4.78, 5) is 13.2. The van der Waals surface area contributed by atoms with Crippen LogP contribution in [0.15, 0.2) is 12.3 Å². The topological polar surface area (TPSA) is 76.2 Å². The zero-order valence-electron chi connectivity index (χ0n) is 11.7. The second-order valence-corrected chi connectivity index (χ2v) is 5.44. The predicted molar refractivity (Wildman–Crippen MR) is 73.6 cm³/mol. The molecule has 0 aromatic carbocycles. The van der Waals surface area contributed by atoms with Gasteiger partial charge in [0.25, 0.3) is 0 Å². The summed E-state index contributed by atoms with van der Waals surface area (Å²) >= 11 is 0. The van der Waals surface area contributed by atoms with E-state index >= 15 is 0 Å². The standard InChI is InChI=1S/C13H23N5O/c1-10(2)18-8-5-12(16-18)9-17-6-3-11(4-7-17)15-13(14)19/h5,8,10-11H,3-4,6-7,9H2,1-2H3,(H3,14,15,19). The van der Waals surface area contributed by atoms with Gasteiger partial charge in [0.2, 0.25) is 0 Å². The number of hydrogen-bond acceptors (Lipinski definition) is 3. The van der Waals surface area contributed by atoms with Crippen LogP contribution in [0.3, 0.4) is 0 Å². The molecule has 1 aromatic rings. The highest BCUT2D eigenvalue weighted by Crippen LogP contribution is 2.13. The van der Waals surface area contributed by atoms with Crippen LogP contribution < -0.4 is 11.1 Å². The number of rotatable bonds is 4. The minimum atomic E-state index is -0.422. The second kappa shape index (κ2) is 6.06. The van der Waals surface area contributed by atoms with Crippen LogP contribution in [0.1, 0.15) is 38.4 Å². The molecule has 6 nitrogen and oxygen atoms in total. The lowest BCUT2D eigenvalue weighted by Gasteiger charge is -2.31. The number of amides is 2. The molecule has 1 aliphatic heterocycles. The van der Waals surface area contributed by atoms with Gasteiger partial charge < -0.3 is 11.1 Å². The van der Waals surface area contributed by atoms with E-state index < -0.39 is 6.03 Å². The maximum Gasteiger partial charge on any atom is 0.312 e. The molecule has 2 heterocycles. The van der Waals surface area contributed by atoms with E-state index in [0.29, 0.717) is 6.04 Å². The third-order valence-electron chi connectivity index (χ3n) is 3.51. The van der Waals surface area contributed by atoms with Gasteiger partial charge in [-0.3, -0.25) is 9.58 Å². The van der Waals surface area contributed by atoms with Crippen LogP contribution in [0, 0.1) is 0 Å². The molecule has 0 bridgehead atoms. The number of urea groups is 1. The third-order valence-corrected chi connectivity index (χ3v) is 3.51. The lowest BCUT2D eigenvalue weighted by molar-refractivity contribution is 0.187. The average molecular weight is 265 g/mol. The number of nitrogens with zero attached hydrogens (tertiary/aromatic N) is 3. The maximum atomic E-state index is 10.8. The molecule has 106 valence electrons. The number of likely N-dealkylation sites (tertiary alicyclic amines) is 1. The predicted octanol–water partition coefficient (Wildman–Crippen LogP) is 1.10. The van der Waals surface area contributed by atoms with Gasteiger partial charge in [0.1, 0.15) is 0 Å². The van der Waals surface area contributed by atoms with Crippen LogP contribution in [-0.2, 0) is 6.54 Å². The highest BCUT2D eigenvalue weighted by Gasteiger charge is 2.20. The Balaban J connectivity index is 1.80. The molecule has 1 fully saturated rings. The van der Waals surface area contributed by atoms with Crippen LogP contribution in [0.4, 0.5) is 4.79 Å². The molecule has 1 saturated heterocycles. The van der Waals surface area contributed by atoms with E-state index in [9.17, 15) is 4.79 Å². The monoisotopic (exact) mass is 265 g/mol. The molecule has 0 unspecified atom stereocenters. The molecule has 0 saturated carbocycles. The summed E-state index contributed by atoms with van der Waals surface area (Å²) in [5.41, 5.74) is 6.24. The molecule has 6 heteroatoms. The Bertz CT molecular complexity index is 420. The summed E-state index contributed by atoms with van der Waals surface area (Å²) in [5.74, 6) is 0. The smallest absolute Gasteiger partial charge is 0.312 e. The fourth-order valence-electron chi connectivity index (χ4n) is 2.42. The van der Waals surface area contributed by atoms with Gasteiger partial charge in [-0.15, -0.1) is 0 Å². The Morgan fingerprint density at radius 1 is 1.53 bits per heavy atom. The van der Waals surface area contributed by atoms with Crippen molar-refractivity contribution in [3.8, 4) is 0 Å². The van der Waals surface area contributed by atoms with Gasteiger partial charge >= 0.3 is 6.03 Å². The molecule has 1 aromatic heterocycles. The third kappa shape index (κ3) is 3.96. The van der Waals surface area contributed by atoms with E-state index in [2.05, 4.69) is 35.2 Å². The minimum absolute atomic E-state index is 0.224. The van der Waals surface area contributed by atoms with Crippen molar-refractivity contribution in [3.63, 3.8) is 0 Å². The van der Waals surface area contributed by atoms with E-state index in [0.717, 1.165) is 38.2 Å². The Labute approximate surface area is 113 Å². The van der Waals surface area contributed by atoms with Crippen molar-refractivity contribution in [2.75, 3.05) is 13.1 Å². The van der Waals surface area contributed by atoms with E-state index in [1.165, 1.54) is 0 Å². The highest BCUT2D eigenvalue weighted by atomic mass is 16.2. The summed E-state index contributed by atoms with van der Waals surface area (Å²) in [5, 5.41) is 7.33. The Morgan fingerprint density at radius 3 is 2.74 bits per heavy atom. The quantitative estimate of drug-likeness (QED) is 0.856. The molecule has 3 N–H and O–H groups in total. The Kier molecular flexibility index (Phi) is 4.42. The van der Waals surface area contributed by atoms with Crippen LogP contribution >= 0.6 is 0 Å². The van der Waals surface area contributed by atoms with Gasteiger partial charge in [-0.1, -0.05) is 0 Å². The first kappa shape index (κ1) is 13.9. The molecular formula is C13H23N5O. The van der Waals surface area contributed by atoms with Gasteiger partial charge in [0, 0.05) is 37.9 Å². The van der Waals surface area contributed by atoms with Crippen molar-refractivity contribution >= 4 is 6.03 Å². The number of primary amides is 1. The van der Waals surface area contributed by atoms with Crippen molar-refractivity contribution < 1.29 is 4.79 Å². The summed E-state index contributed by atoms with van der Waals surface area (Å²) in [6.45, 7) is 7.07. The molecular weight excluding hydrogens is 242 g/mol. The maximum absolute atomic E-state index is 10.8. The van der Waals surface area contributed by atoms with Crippen molar-refractivity contribution in [1.29, 1.82) is 0 Å². The van der Waals surface area contributed by atoms with E-state index in [1.54, 1.807) is 0 Å². The minimum Gasteiger partial charge on any atom is -0.352 e. The van der Waals surface area contributed by atoms with Gasteiger partial charge in [0.15, 0.2) is 0 Å². The van der Waals surface area contributed by atoms with Crippen molar-refractivity contribution in [1.82, 2.24) is 20.0 Å². The van der Waals surface area contributed by atoms with Crippen LogP contribution in [0.5, 0.6) is 0 Å². The van der Waals surface area contributed by atoms with Gasteiger partial charge in [0.05, 0.1) is 5.69 Å². The Hall–Kier alpha value is -1.56. The van der Waals surface area contributed by atoms with Gasteiger partial charge in [-0.25, -0.2) is 4.79 Å². The molecule has 19 heavy (non-hydrogen) atoms. The fourth-order valence-corrected chi connectivity index (χ4v) is 2.42. The van der Waals surface area contributed by atoms with E-state index in [4.69, 9.17) is 5.73 Å². The van der Waals surface area contributed by atoms with E-state index in [1.807, 2.05) is 10.9 Å². The van der Waals surface area contributed by atoms with Gasteiger partial charge in [-0.2, -0.15) is 5.10 Å². The van der Waals surface area contributed by atoms with Crippen LogP contribution in [0.2, 0.25) is 0 Å². The van der Waals surface area contributed by atoms with Crippen LogP contribution in [-0.4, -0.2) is 39.8 Å². The van der Waals surface area contributed by atoms with Crippen molar-refractivity contribution in [2.24, 2.45) is 5.73 Å². The summed E-state index contributed by atoms with van der Waals surface area (Å²) < 4.78 is 1.98. The number of carbonyl (C=O) groups excluding carboxylic acids is 1. The zero-order valence-corrected chi connectivity index (χ0v) is 11.7. The molecule has 0 radical (unpaired) electrons. The molecule has 0 aliphatic carbocycles. The first-order chi connectivity index (χ1) is 9.04. The van der Waals surface area contributed by atoms with E-state index in [-0.39, 0.29) is 6.04 Å². The molecule has 1 aliphatic rings. The Morgan fingerprint density at radius 2 is 2.21 bits per heavy atom. The fraction of sp³-hybridized carbons (Fsp3) is 0.692. The summed E-state index contributed by atoms with van der Waals surface area (Å²) in [6, 6.07) is 2.28. The molecule has 0 spiro atoms. The van der Waals surface area contributed by atoms with Crippen molar-refractivity contribution in [2.45, 2.75) is 45.3 Å². The largest absolute Gasteiger partial charge is 0.352 e. The summed E-state index contributed by atoms with van der Waals surface area (Å²) in [6.07, 6.45) is 3.93. The number of carbonyl (C=O) groups is 1. The highest BCUT2D eigenvalue weighted by molar-refractivity contribution is 5.71. The lowest BCUT2D eigenvalue weighted by Crippen LogP contribution is -2.46. The number of nitrogens with one attached hydrogen (secondary N) is 1. The molecule has 2 rings (SSSR count). The van der Waals surface area contributed by atoms with Crippen molar-refractivity contribution in [3.05, 3.63) is 18.0 Å². The summed E-state index contributed by atoms with van der Waals surface area (Å²) in [7, 11) is 0. The normalized spacial score (nSPS) is 17.8. The lowest BCUT2D eigenvalue weighted by atomic mass is 10.1. The second-order valence-electron chi connectivity index (χ2n) is 5.44. The molecule has 2 amide bonds. The number of hydrogen-bond donors (Lipinski definition) is 2. The number of nitrogens with two attached hydrogens (primary N) is 1.